The third-order valence-corrected chi connectivity index (χ3v) is 5.55. The van der Waals surface area contributed by atoms with Crippen molar-refractivity contribution in [1.82, 2.24) is 4.98 Å². The Morgan fingerprint density at radius 1 is 0.407 bits per heavy atom. The van der Waals surface area contributed by atoms with Crippen molar-refractivity contribution in [2.75, 3.05) is 0 Å². The van der Waals surface area contributed by atoms with E-state index in [4.69, 9.17) is 0 Å². The van der Waals surface area contributed by atoms with Gasteiger partial charge in [-0.2, -0.15) is 0 Å². The lowest BCUT2D eigenvalue weighted by molar-refractivity contribution is 1.55. The molecule has 6 aromatic rings. The SMILES string of the molecule is c1ccc2cc(-c3ccc4[nH]c5cc6ccccc6cc5c4c3)ccc2c1. The van der Waals surface area contributed by atoms with E-state index in [0.717, 1.165) is 0 Å². The Hall–Kier alpha value is -3.58. The fourth-order valence-corrected chi connectivity index (χ4v) is 4.14. The molecule has 1 heteroatoms. The van der Waals surface area contributed by atoms with Gasteiger partial charge in [0.25, 0.3) is 0 Å². The molecule has 1 heterocycles. The summed E-state index contributed by atoms with van der Waals surface area (Å²) in [6, 6.07) is 35.0. The van der Waals surface area contributed by atoms with Crippen LogP contribution in [-0.2, 0) is 0 Å². The summed E-state index contributed by atoms with van der Waals surface area (Å²) in [4.78, 5) is 3.58. The Labute approximate surface area is 156 Å². The summed E-state index contributed by atoms with van der Waals surface area (Å²) >= 11 is 0. The summed E-state index contributed by atoms with van der Waals surface area (Å²) < 4.78 is 0. The zero-order valence-electron chi connectivity index (χ0n) is 14.7. The monoisotopic (exact) mass is 343 g/mol. The highest BCUT2D eigenvalue weighted by Crippen LogP contribution is 2.33. The van der Waals surface area contributed by atoms with Gasteiger partial charge in [-0.1, -0.05) is 66.7 Å². The molecule has 0 aliphatic carbocycles. The number of aromatic nitrogens is 1. The van der Waals surface area contributed by atoms with E-state index in [1.807, 2.05) is 0 Å². The highest BCUT2D eigenvalue weighted by Gasteiger charge is 2.08. The van der Waals surface area contributed by atoms with Crippen LogP contribution in [0.4, 0.5) is 0 Å². The fourth-order valence-electron chi connectivity index (χ4n) is 4.14. The maximum absolute atomic E-state index is 3.58. The largest absolute Gasteiger partial charge is 0.354 e. The molecular formula is C26H17N. The summed E-state index contributed by atoms with van der Waals surface area (Å²) in [7, 11) is 0. The molecule has 0 spiro atoms. The lowest BCUT2D eigenvalue weighted by Gasteiger charge is -2.05. The van der Waals surface area contributed by atoms with Gasteiger partial charge in [-0.05, 0) is 63.0 Å². The minimum absolute atomic E-state index is 1.19. The van der Waals surface area contributed by atoms with Gasteiger partial charge in [0.05, 0.1) is 0 Å². The van der Waals surface area contributed by atoms with Crippen molar-refractivity contribution in [3.63, 3.8) is 0 Å². The molecule has 1 aromatic heterocycles. The van der Waals surface area contributed by atoms with Crippen LogP contribution in [0, 0.1) is 0 Å². The number of aromatic amines is 1. The molecule has 0 aliphatic heterocycles. The van der Waals surface area contributed by atoms with E-state index in [0.29, 0.717) is 0 Å². The molecule has 1 N–H and O–H groups in total. The van der Waals surface area contributed by atoms with Crippen molar-refractivity contribution in [2.24, 2.45) is 0 Å². The van der Waals surface area contributed by atoms with Gasteiger partial charge in [-0.25, -0.2) is 0 Å². The van der Waals surface area contributed by atoms with E-state index in [1.54, 1.807) is 0 Å². The van der Waals surface area contributed by atoms with Crippen molar-refractivity contribution >= 4 is 43.4 Å². The van der Waals surface area contributed by atoms with E-state index in [1.165, 1.54) is 54.5 Å². The molecule has 0 saturated heterocycles. The van der Waals surface area contributed by atoms with Crippen LogP contribution in [0.1, 0.15) is 0 Å². The van der Waals surface area contributed by atoms with E-state index >= 15 is 0 Å². The quantitative estimate of drug-likeness (QED) is 0.322. The first-order valence-electron chi connectivity index (χ1n) is 9.29. The molecular weight excluding hydrogens is 326 g/mol. The Morgan fingerprint density at radius 2 is 1.00 bits per heavy atom. The molecule has 0 radical (unpaired) electrons. The van der Waals surface area contributed by atoms with Gasteiger partial charge in [0, 0.05) is 21.8 Å². The van der Waals surface area contributed by atoms with Crippen LogP contribution >= 0.6 is 0 Å². The van der Waals surface area contributed by atoms with Crippen LogP contribution in [0.3, 0.4) is 0 Å². The first-order valence-corrected chi connectivity index (χ1v) is 9.29. The average molecular weight is 343 g/mol. The molecule has 0 atom stereocenters. The second-order valence-corrected chi connectivity index (χ2v) is 7.19. The fraction of sp³-hybridized carbons (Fsp3) is 0. The second-order valence-electron chi connectivity index (χ2n) is 7.19. The summed E-state index contributed by atoms with van der Waals surface area (Å²) in [5.74, 6) is 0. The second kappa shape index (κ2) is 5.46. The molecule has 0 bridgehead atoms. The average Bonchev–Trinajstić information content (AvgIpc) is 3.08. The van der Waals surface area contributed by atoms with Crippen LogP contribution in [0.15, 0.2) is 97.1 Å². The van der Waals surface area contributed by atoms with Gasteiger partial charge in [-0.3, -0.25) is 0 Å². The van der Waals surface area contributed by atoms with Crippen molar-refractivity contribution in [3.8, 4) is 11.1 Å². The molecule has 5 aromatic carbocycles. The molecule has 0 fully saturated rings. The van der Waals surface area contributed by atoms with Gasteiger partial charge < -0.3 is 4.98 Å². The number of hydrogen-bond donors (Lipinski definition) is 1. The van der Waals surface area contributed by atoms with Crippen molar-refractivity contribution in [2.45, 2.75) is 0 Å². The number of hydrogen-bond acceptors (Lipinski definition) is 0. The third-order valence-electron chi connectivity index (χ3n) is 5.55. The Bertz CT molecular complexity index is 1470. The number of nitrogens with one attached hydrogen (secondary N) is 1. The number of benzene rings is 5. The minimum atomic E-state index is 1.19. The predicted octanol–water partition coefficient (Wildman–Crippen LogP) is 7.29. The van der Waals surface area contributed by atoms with Crippen LogP contribution in [0.5, 0.6) is 0 Å². The molecule has 0 amide bonds. The number of H-pyrrole nitrogens is 1. The van der Waals surface area contributed by atoms with E-state index < -0.39 is 0 Å². The van der Waals surface area contributed by atoms with Crippen LogP contribution in [0.25, 0.3) is 54.5 Å². The summed E-state index contributed by atoms with van der Waals surface area (Å²) in [5.41, 5.74) is 4.89. The van der Waals surface area contributed by atoms with Gasteiger partial charge in [0.2, 0.25) is 0 Å². The van der Waals surface area contributed by atoms with Crippen molar-refractivity contribution in [3.05, 3.63) is 97.1 Å². The Morgan fingerprint density at radius 3 is 1.81 bits per heavy atom. The molecule has 27 heavy (non-hydrogen) atoms. The molecule has 1 nitrogen and oxygen atoms in total. The molecule has 0 saturated carbocycles. The van der Waals surface area contributed by atoms with Crippen molar-refractivity contribution in [1.29, 1.82) is 0 Å². The topological polar surface area (TPSA) is 15.8 Å². The third kappa shape index (κ3) is 2.25. The van der Waals surface area contributed by atoms with Crippen LogP contribution in [0.2, 0.25) is 0 Å². The smallest absolute Gasteiger partial charge is 0.0471 e. The Balaban J connectivity index is 1.61. The maximum atomic E-state index is 3.58. The van der Waals surface area contributed by atoms with Gasteiger partial charge in [0.15, 0.2) is 0 Å². The van der Waals surface area contributed by atoms with Gasteiger partial charge in [0.1, 0.15) is 0 Å². The normalized spacial score (nSPS) is 11.7. The lowest BCUT2D eigenvalue weighted by atomic mass is 9.99. The van der Waals surface area contributed by atoms with Crippen LogP contribution in [-0.4, -0.2) is 4.98 Å². The van der Waals surface area contributed by atoms with Gasteiger partial charge >= 0.3 is 0 Å². The van der Waals surface area contributed by atoms with E-state index in [-0.39, 0.29) is 0 Å². The molecule has 0 unspecified atom stereocenters. The van der Waals surface area contributed by atoms with Crippen LogP contribution < -0.4 is 0 Å². The lowest BCUT2D eigenvalue weighted by Crippen LogP contribution is -1.79. The van der Waals surface area contributed by atoms with E-state index in [9.17, 15) is 0 Å². The van der Waals surface area contributed by atoms with Gasteiger partial charge in [-0.15, -0.1) is 0 Å². The first kappa shape index (κ1) is 14.6. The Kier molecular flexibility index (Phi) is 2.95. The minimum Gasteiger partial charge on any atom is -0.354 e. The summed E-state index contributed by atoms with van der Waals surface area (Å²) in [6.45, 7) is 0. The highest BCUT2D eigenvalue weighted by molar-refractivity contribution is 6.12. The predicted molar refractivity (Wildman–Crippen MR) is 116 cm³/mol. The molecule has 6 rings (SSSR count). The number of fused-ring (bicyclic) bond motifs is 5. The van der Waals surface area contributed by atoms with E-state index in [2.05, 4.69) is 102 Å². The maximum Gasteiger partial charge on any atom is 0.0471 e. The zero-order chi connectivity index (χ0) is 17.8. The molecule has 126 valence electrons. The highest BCUT2D eigenvalue weighted by atomic mass is 14.7. The zero-order valence-corrected chi connectivity index (χ0v) is 14.7. The number of rotatable bonds is 1. The molecule has 0 aliphatic rings. The van der Waals surface area contributed by atoms with Crippen molar-refractivity contribution < 1.29 is 0 Å². The standard InChI is InChI=1S/C26H17N/c1-2-6-18-13-21(10-9-17(18)5-1)22-11-12-25-23(15-22)24-14-19-7-3-4-8-20(19)16-26(24)27-25/h1-16,27H. The summed E-state index contributed by atoms with van der Waals surface area (Å²) in [6.07, 6.45) is 0. The summed E-state index contributed by atoms with van der Waals surface area (Å²) in [5, 5.41) is 7.67. The first-order chi connectivity index (χ1) is 13.3.